The normalized spacial score (nSPS) is 11.7. The maximum Gasteiger partial charge on any atom is 0.248 e. The Morgan fingerprint density at radius 3 is 2.47 bits per heavy atom. The summed E-state index contributed by atoms with van der Waals surface area (Å²) in [6.45, 7) is 5.99. The van der Waals surface area contributed by atoms with E-state index in [1.54, 1.807) is 12.1 Å². The van der Waals surface area contributed by atoms with Crippen LogP contribution in [0.5, 0.6) is 0 Å². The summed E-state index contributed by atoms with van der Waals surface area (Å²) in [5.41, 5.74) is 7.76. The summed E-state index contributed by atoms with van der Waals surface area (Å²) < 4.78 is 0. The fourth-order valence-electron chi connectivity index (χ4n) is 1.80. The van der Waals surface area contributed by atoms with Crippen LogP contribution in [0, 0.1) is 0 Å². The Labute approximate surface area is 99.3 Å². The molecule has 0 unspecified atom stereocenters. The average molecular weight is 226 g/mol. The van der Waals surface area contributed by atoms with Gasteiger partial charge in [0.15, 0.2) is 0 Å². The lowest BCUT2D eigenvalue weighted by molar-refractivity contribution is 0.100. The third-order valence-electron chi connectivity index (χ3n) is 2.79. The van der Waals surface area contributed by atoms with E-state index in [1.807, 2.05) is 31.3 Å². The number of hydrogen-bond donors (Lipinski definition) is 2. The maximum atomic E-state index is 11.0. The number of H-pyrrole nitrogens is 1. The molecule has 0 atom stereocenters. The van der Waals surface area contributed by atoms with Gasteiger partial charge in [0.1, 0.15) is 0 Å². The molecule has 1 aromatic carbocycles. The van der Waals surface area contributed by atoms with Gasteiger partial charge in [0, 0.05) is 22.7 Å². The predicted molar refractivity (Wildman–Crippen MR) is 69.7 cm³/mol. The molecule has 1 aromatic heterocycles. The lowest BCUT2D eigenvalue weighted by Gasteiger charge is -1.99. The van der Waals surface area contributed by atoms with E-state index < -0.39 is 5.91 Å². The van der Waals surface area contributed by atoms with Gasteiger partial charge in [0.05, 0.1) is 0 Å². The Bertz CT molecular complexity index is 651. The second-order valence-corrected chi connectivity index (χ2v) is 3.82. The molecule has 0 spiro atoms. The minimum absolute atomic E-state index is 0.414. The van der Waals surface area contributed by atoms with Gasteiger partial charge in [-0.1, -0.05) is 24.8 Å². The largest absolute Gasteiger partial charge is 0.366 e. The molecule has 0 bridgehead atoms. The number of benzene rings is 1. The van der Waals surface area contributed by atoms with Crippen molar-refractivity contribution < 1.29 is 4.79 Å². The molecule has 0 radical (unpaired) electrons. The Hall–Kier alpha value is -2.29. The van der Waals surface area contributed by atoms with E-state index >= 15 is 0 Å². The average Bonchev–Trinajstić information content (AvgIpc) is 2.70. The van der Waals surface area contributed by atoms with Crippen molar-refractivity contribution in [2.24, 2.45) is 5.73 Å². The van der Waals surface area contributed by atoms with Gasteiger partial charge in [-0.3, -0.25) is 4.79 Å². The molecule has 0 saturated heterocycles. The Balaban J connectivity index is 2.51. The monoisotopic (exact) mass is 226 g/mol. The van der Waals surface area contributed by atoms with Crippen LogP contribution in [0.2, 0.25) is 0 Å². The van der Waals surface area contributed by atoms with Gasteiger partial charge in [-0.15, -0.1) is 0 Å². The van der Waals surface area contributed by atoms with E-state index in [0.717, 1.165) is 21.7 Å². The van der Waals surface area contributed by atoms with Crippen molar-refractivity contribution in [1.29, 1.82) is 0 Å². The molecule has 3 heteroatoms. The highest BCUT2D eigenvalue weighted by Gasteiger charge is 2.03. The second-order valence-electron chi connectivity index (χ2n) is 3.82. The first kappa shape index (κ1) is 11.2. The third kappa shape index (κ3) is 1.99. The SMILES string of the molecule is C=c1c(-c2ccc(C(N)=O)cc2)c[nH]c1=CC. The van der Waals surface area contributed by atoms with Crippen LogP contribution in [0.25, 0.3) is 23.8 Å². The standard InChI is InChI=1S/C14H14N2O/c1-3-13-9(2)12(8-16-13)10-4-6-11(7-5-10)14(15)17/h3-8,16H,2H2,1H3,(H2,15,17). The van der Waals surface area contributed by atoms with E-state index in [1.165, 1.54) is 0 Å². The number of carbonyl (C=O) groups is 1. The molecule has 2 aromatic rings. The summed E-state index contributed by atoms with van der Waals surface area (Å²) in [7, 11) is 0. The minimum atomic E-state index is -0.414. The quantitative estimate of drug-likeness (QED) is 0.788. The summed E-state index contributed by atoms with van der Waals surface area (Å²) in [5, 5.41) is 1.97. The summed E-state index contributed by atoms with van der Waals surface area (Å²) in [6.07, 6.45) is 3.89. The van der Waals surface area contributed by atoms with Crippen molar-refractivity contribution in [1.82, 2.24) is 4.98 Å². The first-order chi connectivity index (χ1) is 8.13. The number of aromatic amines is 1. The van der Waals surface area contributed by atoms with Crippen LogP contribution < -0.4 is 16.3 Å². The molecule has 0 aliphatic rings. The van der Waals surface area contributed by atoms with Gasteiger partial charge in [0.2, 0.25) is 5.91 Å². The van der Waals surface area contributed by atoms with E-state index in [4.69, 9.17) is 5.73 Å². The molecule has 0 aliphatic heterocycles. The molecule has 3 nitrogen and oxygen atoms in total. The van der Waals surface area contributed by atoms with Crippen LogP contribution in [-0.2, 0) is 0 Å². The number of nitrogens with one attached hydrogen (secondary N) is 1. The molecule has 1 amide bonds. The van der Waals surface area contributed by atoms with Crippen molar-refractivity contribution in [3.05, 3.63) is 46.6 Å². The lowest BCUT2D eigenvalue weighted by Crippen LogP contribution is -2.21. The first-order valence-corrected chi connectivity index (χ1v) is 5.36. The Morgan fingerprint density at radius 2 is 2.00 bits per heavy atom. The van der Waals surface area contributed by atoms with Crippen molar-refractivity contribution in [3.63, 3.8) is 0 Å². The molecule has 0 aliphatic carbocycles. The zero-order valence-corrected chi connectivity index (χ0v) is 9.66. The molecule has 3 N–H and O–H groups in total. The molecule has 1 heterocycles. The van der Waals surface area contributed by atoms with Crippen LogP contribution in [-0.4, -0.2) is 10.9 Å². The summed E-state index contributed by atoms with van der Waals surface area (Å²) in [4.78, 5) is 14.1. The molecular weight excluding hydrogens is 212 g/mol. The zero-order valence-electron chi connectivity index (χ0n) is 9.66. The van der Waals surface area contributed by atoms with E-state index in [2.05, 4.69) is 11.6 Å². The summed E-state index contributed by atoms with van der Waals surface area (Å²) in [5.74, 6) is -0.414. The molecule has 86 valence electrons. The van der Waals surface area contributed by atoms with Gasteiger partial charge in [-0.05, 0) is 29.8 Å². The fourth-order valence-corrected chi connectivity index (χ4v) is 1.80. The van der Waals surface area contributed by atoms with E-state index in [0.29, 0.717) is 5.56 Å². The highest BCUT2D eigenvalue weighted by Crippen LogP contribution is 2.14. The summed E-state index contributed by atoms with van der Waals surface area (Å²) >= 11 is 0. The number of aromatic nitrogens is 1. The van der Waals surface area contributed by atoms with E-state index in [9.17, 15) is 4.79 Å². The number of nitrogens with two attached hydrogens (primary N) is 1. The lowest BCUT2D eigenvalue weighted by atomic mass is 10.1. The van der Waals surface area contributed by atoms with Gasteiger partial charge in [-0.25, -0.2) is 0 Å². The van der Waals surface area contributed by atoms with Crippen molar-refractivity contribution in [2.75, 3.05) is 0 Å². The molecule has 2 rings (SSSR count). The van der Waals surface area contributed by atoms with Crippen molar-refractivity contribution >= 4 is 18.6 Å². The smallest absolute Gasteiger partial charge is 0.248 e. The van der Waals surface area contributed by atoms with Gasteiger partial charge in [0.25, 0.3) is 0 Å². The number of rotatable bonds is 2. The predicted octanol–water partition coefficient (Wildman–Crippen LogP) is 0.991. The fraction of sp³-hybridized carbons (Fsp3) is 0.0714. The molecule has 0 saturated carbocycles. The first-order valence-electron chi connectivity index (χ1n) is 5.36. The Morgan fingerprint density at radius 1 is 1.35 bits per heavy atom. The van der Waals surface area contributed by atoms with Gasteiger partial charge in [-0.2, -0.15) is 0 Å². The second kappa shape index (κ2) is 4.29. The van der Waals surface area contributed by atoms with Crippen molar-refractivity contribution in [3.8, 4) is 11.1 Å². The summed E-state index contributed by atoms with van der Waals surface area (Å²) in [6, 6.07) is 7.19. The van der Waals surface area contributed by atoms with Crippen molar-refractivity contribution in [2.45, 2.75) is 6.92 Å². The van der Waals surface area contributed by atoms with Gasteiger partial charge < -0.3 is 10.7 Å². The minimum Gasteiger partial charge on any atom is -0.366 e. The third-order valence-corrected chi connectivity index (χ3v) is 2.79. The van der Waals surface area contributed by atoms with Gasteiger partial charge >= 0.3 is 0 Å². The highest BCUT2D eigenvalue weighted by molar-refractivity contribution is 5.93. The van der Waals surface area contributed by atoms with Crippen LogP contribution in [0.4, 0.5) is 0 Å². The molecular formula is C14H14N2O. The maximum absolute atomic E-state index is 11.0. The van der Waals surface area contributed by atoms with E-state index in [-0.39, 0.29) is 0 Å². The van der Waals surface area contributed by atoms with Crippen LogP contribution in [0.1, 0.15) is 17.3 Å². The zero-order chi connectivity index (χ0) is 12.4. The highest BCUT2D eigenvalue weighted by atomic mass is 16.1. The van der Waals surface area contributed by atoms with Crippen LogP contribution >= 0.6 is 0 Å². The molecule has 17 heavy (non-hydrogen) atoms. The van der Waals surface area contributed by atoms with Crippen LogP contribution in [0.15, 0.2) is 30.5 Å². The Kier molecular flexibility index (Phi) is 2.83. The topological polar surface area (TPSA) is 58.9 Å². The number of carbonyl (C=O) groups excluding carboxylic acids is 1. The molecule has 0 fully saturated rings. The van der Waals surface area contributed by atoms with Crippen LogP contribution in [0.3, 0.4) is 0 Å². The number of hydrogen-bond acceptors (Lipinski definition) is 1. The number of amides is 1. The number of primary amides is 1.